The summed E-state index contributed by atoms with van der Waals surface area (Å²) < 4.78 is 0.877. The minimum atomic E-state index is -0.399. The molecule has 0 atom stereocenters. The van der Waals surface area contributed by atoms with Crippen LogP contribution in [-0.4, -0.2) is 26.4 Å². The predicted octanol–water partition coefficient (Wildman–Crippen LogP) is 2.22. The summed E-state index contributed by atoms with van der Waals surface area (Å²) in [5.41, 5.74) is 2.42. The van der Waals surface area contributed by atoms with E-state index < -0.39 is 6.03 Å². The summed E-state index contributed by atoms with van der Waals surface area (Å²) in [6, 6.07) is -0.399. The topological polar surface area (TPSA) is 95.6 Å². The van der Waals surface area contributed by atoms with Gasteiger partial charge in [-0.2, -0.15) is 10.3 Å². The second-order valence-electron chi connectivity index (χ2n) is 3.63. The average molecular weight is 311 g/mol. The van der Waals surface area contributed by atoms with Crippen LogP contribution in [0.15, 0.2) is 16.9 Å². The van der Waals surface area contributed by atoms with Gasteiger partial charge in [-0.25, -0.2) is 4.79 Å². The van der Waals surface area contributed by atoms with Gasteiger partial charge in [0.15, 0.2) is 5.82 Å². The molecule has 0 saturated heterocycles. The number of nitrogens with one attached hydrogen (secondary N) is 3. The molecule has 2 aromatic rings. The number of anilines is 2. The Balaban J connectivity index is 2.10. The fraction of sp³-hybridized carbons (Fsp3) is 0.200. The molecule has 8 heteroatoms. The largest absolute Gasteiger partial charge is 0.324 e. The molecular weight excluding hydrogens is 300 g/mol. The van der Waals surface area contributed by atoms with E-state index in [1.54, 1.807) is 6.20 Å². The van der Waals surface area contributed by atoms with E-state index in [0.717, 1.165) is 15.7 Å². The number of nitrogens with zero attached hydrogens (tertiary/aromatic N) is 3. The average Bonchev–Trinajstić information content (AvgIpc) is 2.83. The molecule has 7 nitrogen and oxygen atoms in total. The van der Waals surface area contributed by atoms with Crippen LogP contribution in [0.5, 0.6) is 0 Å². The summed E-state index contributed by atoms with van der Waals surface area (Å²) in [6.07, 6.45) is 3.02. The van der Waals surface area contributed by atoms with E-state index in [9.17, 15) is 4.79 Å². The van der Waals surface area contributed by atoms with Gasteiger partial charge in [0.25, 0.3) is 0 Å². The van der Waals surface area contributed by atoms with E-state index in [1.165, 1.54) is 6.20 Å². The molecule has 3 N–H and O–H groups in total. The molecule has 94 valence electrons. The van der Waals surface area contributed by atoms with Gasteiger partial charge in [-0.3, -0.25) is 10.3 Å². The Morgan fingerprint density at radius 2 is 2.11 bits per heavy atom. The Labute approximate surface area is 112 Å². The first-order valence-corrected chi connectivity index (χ1v) is 5.92. The molecular formula is C10H11BrN6O. The number of aromatic amines is 1. The smallest absolute Gasteiger partial charge is 0.306 e. The molecule has 0 aliphatic rings. The SMILES string of the molecule is Cc1ncc(NC(=O)Nc2cn[nH]n2)c(C)c1Br. The third-order valence-electron chi connectivity index (χ3n) is 2.34. The summed E-state index contributed by atoms with van der Waals surface area (Å²) in [4.78, 5) is 15.8. The van der Waals surface area contributed by atoms with Gasteiger partial charge in [0.1, 0.15) is 0 Å². The molecule has 0 spiro atoms. The van der Waals surface area contributed by atoms with Crippen LogP contribution in [0.2, 0.25) is 0 Å². The van der Waals surface area contributed by atoms with Crippen LogP contribution in [0.1, 0.15) is 11.3 Å². The van der Waals surface area contributed by atoms with Crippen molar-refractivity contribution < 1.29 is 4.79 Å². The van der Waals surface area contributed by atoms with Crippen LogP contribution in [0.4, 0.5) is 16.3 Å². The number of H-pyrrole nitrogens is 1. The third-order valence-corrected chi connectivity index (χ3v) is 3.51. The quantitative estimate of drug-likeness (QED) is 0.792. The molecule has 2 aromatic heterocycles. The van der Waals surface area contributed by atoms with Gasteiger partial charge in [-0.15, -0.1) is 5.10 Å². The van der Waals surface area contributed by atoms with Crippen molar-refractivity contribution in [1.29, 1.82) is 0 Å². The summed E-state index contributed by atoms with van der Waals surface area (Å²) in [5, 5.41) is 14.9. The summed E-state index contributed by atoms with van der Waals surface area (Å²) >= 11 is 3.42. The van der Waals surface area contributed by atoms with Crippen LogP contribution in [0.25, 0.3) is 0 Å². The molecule has 0 aromatic carbocycles. The normalized spacial score (nSPS) is 10.2. The highest BCUT2D eigenvalue weighted by Crippen LogP contribution is 2.25. The number of halogens is 1. The number of rotatable bonds is 2. The van der Waals surface area contributed by atoms with Crippen molar-refractivity contribution in [2.75, 3.05) is 10.6 Å². The van der Waals surface area contributed by atoms with E-state index in [-0.39, 0.29) is 0 Å². The molecule has 0 bridgehead atoms. The van der Waals surface area contributed by atoms with Crippen LogP contribution < -0.4 is 10.6 Å². The molecule has 2 amide bonds. The van der Waals surface area contributed by atoms with Crippen molar-refractivity contribution in [2.24, 2.45) is 0 Å². The van der Waals surface area contributed by atoms with E-state index in [1.807, 2.05) is 13.8 Å². The van der Waals surface area contributed by atoms with Crippen molar-refractivity contribution in [3.63, 3.8) is 0 Å². The highest BCUT2D eigenvalue weighted by atomic mass is 79.9. The maximum atomic E-state index is 11.7. The van der Waals surface area contributed by atoms with Gasteiger partial charge in [0.05, 0.1) is 23.8 Å². The summed E-state index contributed by atoms with van der Waals surface area (Å²) in [7, 11) is 0. The van der Waals surface area contributed by atoms with E-state index in [0.29, 0.717) is 11.5 Å². The van der Waals surface area contributed by atoms with E-state index in [4.69, 9.17) is 0 Å². The molecule has 0 saturated carbocycles. The number of aryl methyl sites for hydroxylation is 1. The van der Waals surface area contributed by atoms with Gasteiger partial charge in [-0.1, -0.05) is 0 Å². The first kappa shape index (κ1) is 12.5. The van der Waals surface area contributed by atoms with Crippen LogP contribution in [0.3, 0.4) is 0 Å². The molecule has 2 heterocycles. The van der Waals surface area contributed by atoms with E-state index >= 15 is 0 Å². The molecule has 18 heavy (non-hydrogen) atoms. The van der Waals surface area contributed by atoms with E-state index in [2.05, 4.69) is 47.0 Å². The zero-order chi connectivity index (χ0) is 13.1. The fourth-order valence-corrected chi connectivity index (χ4v) is 1.68. The van der Waals surface area contributed by atoms with Crippen molar-refractivity contribution in [1.82, 2.24) is 20.4 Å². The van der Waals surface area contributed by atoms with Crippen molar-refractivity contribution in [2.45, 2.75) is 13.8 Å². The first-order chi connectivity index (χ1) is 8.58. The van der Waals surface area contributed by atoms with Gasteiger partial charge in [0, 0.05) is 4.47 Å². The lowest BCUT2D eigenvalue weighted by Gasteiger charge is -2.10. The van der Waals surface area contributed by atoms with Crippen molar-refractivity contribution in [3.8, 4) is 0 Å². The molecule has 0 fully saturated rings. The fourth-order valence-electron chi connectivity index (χ4n) is 1.36. The lowest BCUT2D eigenvalue weighted by atomic mass is 10.2. The Morgan fingerprint density at radius 1 is 1.33 bits per heavy atom. The van der Waals surface area contributed by atoms with Crippen LogP contribution in [0, 0.1) is 13.8 Å². The molecule has 0 aliphatic carbocycles. The Kier molecular flexibility index (Phi) is 3.56. The number of pyridine rings is 1. The summed E-state index contributed by atoms with van der Waals surface area (Å²) in [6.45, 7) is 3.78. The number of hydrogen-bond donors (Lipinski definition) is 3. The number of amides is 2. The van der Waals surface area contributed by atoms with Gasteiger partial charge in [0.2, 0.25) is 0 Å². The lowest BCUT2D eigenvalue weighted by molar-refractivity contribution is 0.262. The molecule has 0 aliphatic heterocycles. The second kappa shape index (κ2) is 5.13. The van der Waals surface area contributed by atoms with Gasteiger partial charge in [-0.05, 0) is 35.3 Å². The number of aromatic nitrogens is 4. The Morgan fingerprint density at radius 3 is 2.78 bits per heavy atom. The number of carbonyl (C=O) groups is 1. The molecule has 2 rings (SSSR count). The maximum absolute atomic E-state index is 11.7. The number of carbonyl (C=O) groups excluding carboxylic acids is 1. The summed E-state index contributed by atoms with van der Waals surface area (Å²) in [5.74, 6) is 0.351. The Hall–Kier alpha value is -1.96. The van der Waals surface area contributed by atoms with Crippen LogP contribution >= 0.6 is 15.9 Å². The molecule has 0 radical (unpaired) electrons. The zero-order valence-corrected chi connectivity index (χ0v) is 11.4. The van der Waals surface area contributed by atoms with Crippen LogP contribution in [-0.2, 0) is 0 Å². The third kappa shape index (κ3) is 2.65. The van der Waals surface area contributed by atoms with Gasteiger partial charge < -0.3 is 5.32 Å². The first-order valence-electron chi connectivity index (χ1n) is 5.13. The standard InChI is InChI=1S/C10H11BrN6O/c1-5-7(3-12-6(2)9(5)11)14-10(18)15-8-4-13-17-16-8/h3-4H,1-2H3,(H3,13,14,15,16,17,18). The second-order valence-corrected chi connectivity index (χ2v) is 4.42. The van der Waals surface area contributed by atoms with Crippen molar-refractivity contribution in [3.05, 3.63) is 28.1 Å². The molecule has 0 unspecified atom stereocenters. The number of urea groups is 1. The monoisotopic (exact) mass is 310 g/mol. The number of hydrogen-bond acceptors (Lipinski definition) is 4. The van der Waals surface area contributed by atoms with Gasteiger partial charge >= 0.3 is 6.03 Å². The highest BCUT2D eigenvalue weighted by Gasteiger charge is 2.10. The lowest BCUT2D eigenvalue weighted by Crippen LogP contribution is -2.20. The highest BCUT2D eigenvalue weighted by molar-refractivity contribution is 9.10. The predicted molar refractivity (Wildman–Crippen MR) is 70.4 cm³/mol. The minimum absolute atomic E-state index is 0.351. The maximum Gasteiger partial charge on any atom is 0.324 e. The minimum Gasteiger partial charge on any atom is -0.306 e. The zero-order valence-electron chi connectivity index (χ0n) is 9.78. The van der Waals surface area contributed by atoms with Crippen molar-refractivity contribution >= 4 is 33.5 Å². The Bertz CT molecular complexity index is 568.